The van der Waals surface area contributed by atoms with Crippen LogP contribution in [0.3, 0.4) is 0 Å². The molecule has 2 aromatic rings. The lowest BCUT2D eigenvalue weighted by atomic mass is 9.96. The van der Waals surface area contributed by atoms with Crippen LogP contribution in [0.1, 0.15) is 51.3 Å². The van der Waals surface area contributed by atoms with Crippen molar-refractivity contribution in [3.05, 3.63) is 46.7 Å². The van der Waals surface area contributed by atoms with Gasteiger partial charge in [0.15, 0.2) is 0 Å². The first-order valence-corrected chi connectivity index (χ1v) is 10.8. The van der Waals surface area contributed by atoms with Crippen LogP contribution in [-0.2, 0) is 22.6 Å². The number of aromatic nitrogens is 1. The van der Waals surface area contributed by atoms with Crippen molar-refractivity contribution < 1.29 is 9.35 Å². The average molecular weight is 420 g/mol. The normalized spacial score (nSPS) is 16.7. The Bertz CT molecular complexity index is 898. The number of benzene rings is 1. The summed E-state index contributed by atoms with van der Waals surface area (Å²) in [5.41, 5.74) is 4.67. The van der Waals surface area contributed by atoms with Gasteiger partial charge in [-0.25, -0.2) is 0 Å². The van der Waals surface area contributed by atoms with Crippen molar-refractivity contribution in [2.45, 2.75) is 51.3 Å². The lowest BCUT2D eigenvalue weighted by Crippen LogP contribution is -2.40. The van der Waals surface area contributed by atoms with Crippen molar-refractivity contribution in [1.82, 2.24) is 9.71 Å². The van der Waals surface area contributed by atoms with Crippen molar-refractivity contribution in [3.8, 4) is 11.1 Å². The number of nitrogens with one attached hydrogen (secondary N) is 1. The minimum atomic E-state index is -1.21. The molecule has 3 rings (SSSR count). The summed E-state index contributed by atoms with van der Waals surface area (Å²) in [6.45, 7) is 7.71. The van der Waals surface area contributed by atoms with Crippen molar-refractivity contribution >= 4 is 34.6 Å². The smallest absolute Gasteiger partial charge is 0.227 e. The van der Waals surface area contributed by atoms with Gasteiger partial charge >= 0.3 is 0 Å². The second-order valence-electron chi connectivity index (χ2n) is 8.11. The molecule has 0 unspecified atom stereocenters. The highest BCUT2D eigenvalue weighted by molar-refractivity contribution is 7.90. The van der Waals surface area contributed by atoms with Crippen LogP contribution in [0, 0.1) is 0 Å². The number of hydrogen-bond acceptors (Lipinski definition) is 4. The van der Waals surface area contributed by atoms with Gasteiger partial charge in [0, 0.05) is 54.0 Å². The summed E-state index contributed by atoms with van der Waals surface area (Å²) < 4.78 is 15.2. The van der Waals surface area contributed by atoms with Crippen LogP contribution in [-0.4, -0.2) is 27.2 Å². The second-order valence-corrected chi connectivity index (χ2v) is 10.5. The molecule has 0 saturated heterocycles. The van der Waals surface area contributed by atoms with Crippen molar-refractivity contribution in [2.75, 3.05) is 11.9 Å². The third-order valence-corrected chi connectivity index (χ3v) is 7.05. The summed E-state index contributed by atoms with van der Waals surface area (Å²) in [7, 11) is 1.80. The number of hydrogen-bond donors (Lipinski definition) is 1. The van der Waals surface area contributed by atoms with Crippen LogP contribution < -0.4 is 9.62 Å². The lowest BCUT2D eigenvalue weighted by molar-refractivity contribution is -0.118. The van der Waals surface area contributed by atoms with E-state index >= 15 is 0 Å². The van der Waals surface area contributed by atoms with Crippen molar-refractivity contribution in [3.63, 3.8) is 0 Å². The molecule has 0 radical (unpaired) electrons. The van der Waals surface area contributed by atoms with Crippen LogP contribution in [0.25, 0.3) is 11.1 Å². The van der Waals surface area contributed by atoms with E-state index in [1.807, 2.05) is 39.8 Å². The first-order valence-electron chi connectivity index (χ1n) is 9.31. The molecule has 1 N–H and O–H groups in total. The molecule has 28 heavy (non-hydrogen) atoms. The van der Waals surface area contributed by atoms with Crippen LogP contribution in [0.15, 0.2) is 30.6 Å². The summed E-state index contributed by atoms with van der Waals surface area (Å²) in [6.07, 6.45) is 4.70. The third-order valence-electron chi connectivity index (χ3n) is 4.95. The van der Waals surface area contributed by atoms with E-state index in [0.29, 0.717) is 11.4 Å². The first-order chi connectivity index (χ1) is 13.1. The number of fused-ring (bicyclic) bond motifs is 1. The molecule has 0 saturated carbocycles. The molecule has 1 aromatic heterocycles. The van der Waals surface area contributed by atoms with Gasteiger partial charge in [0.05, 0.1) is 11.1 Å². The van der Waals surface area contributed by atoms with E-state index in [0.717, 1.165) is 34.4 Å². The van der Waals surface area contributed by atoms with E-state index in [4.69, 9.17) is 11.6 Å². The van der Waals surface area contributed by atoms with E-state index in [1.54, 1.807) is 24.3 Å². The van der Waals surface area contributed by atoms with Gasteiger partial charge in [-0.15, -0.1) is 4.72 Å². The number of carbonyl (C=O) groups is 1. The summed E-state index contributed by atoms with van der Waals surface area (Å²) in [6, 6.07) is 5.80. The quantitative estimate of drug-likeness (QED) is 0.744. The molecule has 1 aliphatic heterocycles. The monoisotopic (exact) mass is 419 g/mol. The SMILES string of the molecule is C[C@@H](N[S@+]([O-])C(C)(C)C)c1cncc(-c2ccc3c(c2)CCC(=O)N3C)c1Cl. The molecule has 150 valence electrons. The predicted octanol–water partition coefficient (Wildman–Crippen LogP) is 4.42. The maximum Gasteiger partial charge on any atom is 0.227 e. The number of halogens is 1. The van der Waals surface area contributed by atoms with E-state index < -0.39 is 11.4 Å². The molecule has 1 amide bonds. The van der Waals surface area contributed by atoms with Crippen LogP contribution in [0.4, 0.5) is 5.69 Å². The fourth-order valence-corrected chi connectivity index (χ4v) is 4.36. The minimum Gasteiger partial charge on any atom is -0.598 e. The number of aryl methyl sites for hydroxylation is 1. The van der Waals surface area contributed by atoms with E-state index in [-0.39, 0.29) is 16.7 Å². The number of nitrogens with zero attached hydrogens (tertiary/aromatic N) is 2. The Morgan fingerprint density at radius 3 is 2.68 bits per heavy atom. The standard InChI is InChI=1S/C21H26ClN3O2S/c1-13(24-28(27)21(2,3)4)16-11-23-12-17(20(16)22)14-6-8-18-15(10-14)7-9-19(26)25(18)5/h6,8,10-13,24H,7,9H2,1-5H3/t13-,28-/m1/s1. The first kappa shape index (κ1) is 21.1. The minimum absolute atomic E-state index is 0.133. The Labute approximate surface area is 174 Å². The van der Waals surface area contributed by atoms with Crippen LogP contribution >= 0.6 is 11.6 Å². The molecule has 0 bridgehead atoms. The second kappa shape index (κ2) is 8.03. The van der Waals surface area contributed by atoms with Crippen LogP contribution in [0.5, 0.6) is 0 Å². The molecule has 0 spiro atoms. The maximum absolute atomic E-state index is 12.4. The topological polar surface area (TPSA) is 68.3 Å². The highest BCUT2D eigenvalue weighted by Gasteiger charge is 2.29. The molecule has 7 heteroatoms. The number of pyridine rings is 1. The summed E-state index contributed by atoms with van der Waals surface area (Å²) in [5.74, 6) is 0.133. The summed E-state index contributed by atoms with van der Waals surface area (Å²) >= 11 is 5.52. The van der Waals surface area contributed by atoms with Gasteiger partial charge in [0.1, 0.15) is 4.75 Å². The highest BCUT2D eigenvalue weighted by atomic mass is 35.5. The zero-order valence-corrected chi connectivity index (χ0v) is 18.4. The number of anilines is 1. The Hall–Kier alpha value is -1.60. The lowest BCUT2D eigenvalue weighted by Gasteiger charge is -2.27. The largest absolute Gasteiger partial charge is 0.598 e. The van der Waals surface area contributed by atoms with E-state index in [1.165, 1.54) is 0 Å². The molecule has 5 nitrogen and oxygen atoms in total. The van der Waals surface area contributed by atoms with E-state index in [2.05, 4.69) is 15.8 Å². The molecule has 2 heterocycles. The van der Waals surface area contributed by atoms with Crippen LogP contribution in [0.2, 0.25) is 5.02 Å². The average Bonchev–Trinajstić information content (AvgIpc) is 2.64. The molecule has 1 aromatic carbocycles. The zero-order valence-electron chi connectivity index (χ0n) is 16.9. The Morgan fingerprint density at radius 2 is 2.00 bits per heavy atom. The maximum atomic E-state index is 12.4. The van der Waals surface area contributed by atoms with Gasteiger partial charge in [0.25, 0.3) is 0 Å². The van der Waals surface area contributed by atoms with Gasteiger partial charge in [-0.05, 0) is 57.4 Å². The predicted molar refractivity (Wildman–Crippen MR) is 116 cm³/mol. The molecule has 0 aliphatic carbocycles. The van der Waals surface area contributed by atoms with E-state index in [9.17, 15) is 9.35 Å². The summed E-state index contributed by atoms with van der Waals surface area (Å²) in [5, 5.41) is 0.598. The molecule has 0 fully saturated rings. The van der Waals surface area contributed by atoms with Gasteiger partial charge in [-0.1, -0.05) is 17.7 Å². The van der Waals surface area contributed by atoms with Crippen molar-refractivity contribution in [2.24, 2.45) is 0 Å². The van der Waals surface area contributed by atoms with Gasteiger partial charge < -0.3 is 9.45 Å². The molecular weight excluding hydrogens is 394 g/mol. The zero-order chi connectivity index (χ0) is 20.6. The fourth-order valence-electron chi connectivity index (χ4n) is 3.19. The Balaban J connectivity index is 1.92. The Kier molecular flexibility index (Phi) is 6.05. The Morgan fingerprint density at radius 1 is 1.29 bits per heavy atom. The molecule has 1 aliphatic rings. The highest BCUT2D eigenvalue weighted by Crippen LogP contribution is 2.36. The molecular formula is C21H26ClN3O2S. The van der Waals surface area contributed by atoms with Crippen molar-refractivity contribution in [1.29, 1.82) is 0 Å². The van der Waals surface area contributed by atoms with Gasteiger partial charge in [0.2, 0.25) is 5.91 Å². The fraction of sp³-hybridized carbons (Fsp3) is 0.429. The summed E-state index contributed by atoms with van der Waals surface area (Å²) in [4.78, 5) is 18.0. The number of carbonyl (C=O) groups excluding carboxylic acids is 1. The number of rotatable bonds is 4. The molecule has 2 atom stereocenters. The number of amides is 1. The third kappa shape index (κ3) is 4.20. The van der Waals surface area contributed by atoms with Gasteiger partial charge in [-0.3, -0.25) is 9.78 Å². The van der Waals surface area contributed by atoms with Gasteiger partial charge in [-0.2, -0.15) is 0 Å².